The first kappa shape index (κ1) is 6.17. The van der Waals surface area contributed by atoms with Crippen LogP contribution in [0.15, 0.2) is 24.3 Å². The third-order valence-electron chi connectivity index (χ3n) is 2.42. The van der Waals surface area contributed by atoms with Crippen molar-refractivity contribution in [2.75, 3.05) is 7.11 Å². The third kappa shape index (κ3) is 0.816. The van der Waals surface area contributed by atoms with Gasteiger partial charge in [0.25, 0.3) is 0 Å². The van der Waals surface area contributed by atoms with Crippen molar-refractivity contribution >= 4 is 0 Å². The smallest absolute Gasteiger partial charge is 0.0675 e. The second kappa shape index (κ2) is 2.24. The summed E-state index contributed by atoms with van der Waals surface area (Å²) < 4.78 is 5.28. The maximum Gasteiger partial charge on any atom is 0.0675 e. The molecule has 0 amide bonds. The van der Waals surface area contributed by atoms with Gasteiger partial charge in [0.15, 0.2) is 0 Å². The zero-order valence-corrected chi connectivity index (χ0v) is 6.16. The molecular weight excluding hydrogens is 124 g/mol. The first-order valence-electron chi connectivity index (χ1n) is 3.79. The molecule has 0 radical (unpaired) electrons. The van der Waals surface area contributed by atoms with Crippen molar-refractivity contribution in [1.29, 1.82) is 0 Å². The molecule has 0 spiro atoms. The lowest BCUT2D eigenvalue weighted by Crippen LogP contribution is -1.90. The first-order valence-corrected chi connectivity index (χ1v) is 3.79. The van der Waals surface area contributed by atoms with E-state index < -0.39 is 0 Å². The standard InChI is InChI=1S/C9H12O/c1-10-9-7-5-3-2-4-6-8(7)9/h2-5,7-9H,6H2,1H3. The van der Waals surface area contributed by atoms with E-state index in [-0.39, 0.29) is 0 Å². The molecule has 3 atom stereocenters. The predicted octanol–water partition coefficient (Wildman–Crippen LogP) is 1.76. The molecule has 2 rings (SSSR count). The highest BCUT2D eigenvalue weighted by Crippen LogP contribution is 2.46. The maximum atomic E-state index is 5.28. The molecular formula is C9H12O. The van der Waals surface area contributed by atoms with Gasteiger partial charge >= 0.3 is 0 Å². The van der Waals surface area contributed by atoms with Gasteiger partial charge < -0.3 is 4.74 Å². The highest BCUT2D eigenvalue weighted by Gasteiger charge is 2.48. The van der Waals surface area contributed by atoms with Gasteiger partial charge in [0.1, 0.15) is 0 Å². The fourth-order valence-electron chi connectivity index (χ4n) is 1.75. The van der Waals surface area contributed by atoms with Crippen LogP contribution in [0.25, 0.3) is 0 Å². The lowest BCUT2D eigenvalue weighted by atomic mass is 10.2. The van der Waals surface area contributed by atoms with Gasteiger partial charge in [-0.1, -0.05) is 24.3 Å². The summed E-state index contributed by atoms with van der Waals surface area (Å²) in [5.74, 6) is 1.49. The maximum absolute atomic E-state index is 5.28. The summed E-state index contributed by atoms with van der Waals surface area (Å²) in [5, 5.41) is 0. The minimum Gasteiger partial charge on any atom is -0.381 e. The number of hydrogen-bond acceptors (Lipinski definition) is 1. The summed E-state index contributed by atoms with van der Waals surface area (Å²) in [4.78, 5) is 0. The molecule has 1 nitrogen and oxygen atoms in total. The molecule has 0 aromatic heterocycles. The lowest BCUT2D eigenvalue weighted by Gasteiger charge is -1.91. The molecule has 1 saturated carbocycles. The van der Waals surface area contributed by atoms with E-state index in [0.29, 0.717) is 12.0 Å². The highest BCUT2D eigenvalue weighted by atomic mass is 16.5. The molecule has 0 heterocycles. The van der Waals surface area contributed by atoms with Crippen LogP contribution in [0, 0.1) is 11.8 Å². The zero-order valence-electron chi connectivity index (χ0n) is 6.16. The van der Waals surface area contributed by atoms with Crippen molar-refractivity contribution in [1.82, 2.24) is 0 Å². The van der Waals surface area contributed by atoms with Crippen molar-refractivity contribution < 1.29 is 4.74 Å². The summed E-state index contributed by atoms with van der Waals surface area (Å²) in [7, 11) is 1.80. The molecule has 0 saturated heterocycles. The van der Waals surface area contributed by atoms with Crippen molar-refractivity contribution in [3.63, 3.8) is 0 Å². The van der Waals surface area contributed by atoms with Crippen molar-refractivity contribution in [2.45, 2.75) is 12.5 Å². The number of ether oxygens (including phenoxy) is 1. The number of methoxy groups -OCH3 is 1. The Kier molecular flexibility index (Phi) is 1.38. The molecule has 1 heteroatoms. The number of hydrogen-bond donors (Lipinski definition) is 0. The van der Waals surface area contributed by atoms with Crippen LogP contribution in [-0.2, 0) is 4.74 Å². The summed E-state index contributed by atoms with van der Waals surface area (Å²) in [6.45, 7) is 0. The Morgan fingerprint density at radius 3 is 3.10 bits per heavy atom. The molecule has 0 aromatic carbocycles. The van der Waals surface area contributed by atoms with Gasteiger partial charge in [-0.3, -0.25) is 0 Å². The van der Waals surface area contributed by atoms with Crippen LogP contribution in [-0.4, -0.2) is 13.2 Å². The van der Waals surface area contributed by atoms with Crippen LogP contribution >= 0.6 is 0 Å². The van der Waals surface area contributed by atoms with Gasteiger partial charge in [-0.05, 0) is 12.3 Å². The highest BCUT2D eigenvalue weighted by molar-refractivity contribution is 5.19. The van der Waals surface area contributed by atoms with E-state index in [1.807, 2.05) is 0 Å². The van der Waals surface area contributed by atoms with Crippen LogP contribution in [0.2, 0.25) is 0 Å². The summed E-state index contributed by atoms with van der Waals surface area (Å²) >= 11 is 0. The Labute approximate surface area is 61.4 Å². The van der Waals surface area contributed by atoms with Crippen molar-refractivity contribution in [2.24, 2.45) is 11.8 Å². The zero-order chi connectivity index (χ0) is 6.97. The molecule has 54 valence electrons. The predicted molar refractivity (Wildman–Crippen MR) is 40.7 cm³/mol. The van der Waals surface area contributed by atoms with Crippen LogP contribution in [0.4, 0.5) is 0 Å². The number of allylic oxidation sites excluding steroid dienone is 3. The quantitative estimate of drug-likeness (QED) is 0.533. The number of fused-ring (bicyclic) bond motifs is 1. The van der Waals surface area contributed by atoms with E-state index in [1.165, 1.54) is 6.42 Å². The number of rotatable bonds is 1. The van der Waals surface area contributed by atoms with Gasteiger partial charge in [0.2, 0.25) is 0 Å². The van der Waals surface area contributed by atoms with Crippen LogP contribution in [0.5, 0.6) is 0 Å². The topological polar surface area (TPSA) is 9.23 Å². The minimum atomic E-state index is 0.515. The Morgan fingerprint density at radius 2 is 2.30 bits per heavy atom. The van der Waals surface area contributed by atoms with Gasteiger partial charge in [-0.15, -0.1) is 0 Å². The van der Waals surface area contributed by atoms with Crippen molar-refractivity contribution in [3.05, 3.63) is 24.3 Å². The Bertz CT molecular complexity index is 181. The average Bonchev–Trinajstić information content (AvgIpc) is 2.59. The van der Waals surface area contributed by atoms with Gasteiger partial charge in [0.05, 0.1) is 6.10 Å². The van der Waals surface area contributed by atoms with Gasteiger partial charge in [-0.2, -0.15) is 0 Å². The first-order chi connectivity index (χ1) is 4.93. The Balaban J connectivity index is 2.04. The molecule has 0 aliphatic heterocycles. The second-order valence-corrected chi connectivity index (χ2v) is 2.99. The second-order valence-electron chi connectivity index (χ2n) is 2.99. The van der Waals surface area contributed by atoms with Gasteiger partial charge in [-0.25, -0.2) is 0 Å². The molecule has 2 aliphatic carbocycles. The normalized spacial score (nSPS) is 42.7. The van der Waals surface area contributed by atoms with Crippen LogP contribution < -0.4 is 0 Å². The Morgan fingerprint density at radius 1 is 1.40 bits per heavy atom. The molecule has 0 N–H and O–H groups in total. The van der Waals surface area contributed by atoms with E-state index in [0.717, 1.165) is 5.92 Å². The minimum absolute atomic E-state index is 0.515. The third-order valence-corrected chi connectivity index (χ3v) is 2.42. The molecule has 1 fully saturated rings. The fraction of sp³-hybridized carbons (Fsp3) is 0.556. The van der Waals surface area contributed by atoms with Crippen LogP contribution in [0.3, 0.4) is 0 Å². The van der Waals surface area contributed by atoms with Gasteiger partial charge in [0, 0.05) is 13.0 Å². The van der Waals surface area contributed by atoms with Crippen molar-refractivity contribution in [3.8, 4) is 0 Å². The summed E-state index contributed by atoms with van der Waals surface area (Å²) in [6, 6.07) is 0. The Hall–Kier alpha value is -0.560. The lowest BCUT2D eigenvalue weighted by molar-refractivity contribution is 0.164. The molecule has 10 heavy (non-hydrogen) atoms. The van der Waals surface area contributed by atoms with Crippen LogP contribution in [0.1, 0.15) is 6.42 Å². The fourth-order valence-corrected chi connectivity index (χ4v) is 1.75. The molecule has 3 unspecified atom stereocenters. The monoisotopic (exact) mass is 136 g/mol. The molecule has 2 aliphatic rings. The van der Waals surface area contributed by atoms with E-state index in [9.17, 15) is 0 Å². The van der Waals surface area contributed by atoms with E-state index in [1.54, 1.807) is 7.11 Å². The SMILES string of the molecule is COC1C2C=CC=CCC21. The summed E-state index contributed by atoms with van der Waals surface area (Å²) in [6.07, 6.45) is 10.4. The molecule has 0 bridgehead atoms. The molecule has 0 aromatic rings. The van der Waals surface area contributed by atoms with E-state index in [4.69, 9.17) is 4.74 Å². The van der Waals surface area contributed by atoms with E-state index >= 15 is 0 Å². The van der Waals surface area contributed by atoms with E-state index in [2.05, 4.69) is 24.3 Å². The average molecular weight is 136 g/mol. The largest absolute Gasteiger partial charge is 0.381 e. The summed E-state index contributed by atoms with van der Waals surface area (Å²) in [5.41, 5.74) is 0.